The molecule has 0 heterocycles. The van der Waals surface area contributed by atoms with Gasteiger partial charge in [0.2, 0.25) is 10.0 Å². The fourth-order valence-electron chi connectivity index (χ4n) is 2.72. The van der Waals surface area contributed by atoms with E-state index in [-0.39, 0.29) is 6.04 Å². The van der Waals surface area contributed by atoms with Crippen LogP contribution in [0, 0.1) is 5.92 Å². The van der Waals surface area contributed by atoms with Gasteiger partial charge in [0.05, 0.1) is 4.90 Å². The zero-order valence-electron chi connectivity index (χ0n) is 12.5. The molecule has 1 aromatic carbocycles. The summed E-state index contributed by atoms with van der Waals surface area (Å²) in [7, 11) is -3.47. The molecule has 0 amide bonds. The highest BCUT2D eigenvalue weighted by Crippen LogP contribution is 2.27. The highest BCUT2D eigenvalue weighted by atomic mass is 35.5. The van der Waals surface area contributed by atoms with E-state index in [4.69, 9.17) is 11.6 Å². The fraction of sp³-hybridized carbons (Fsp3) is 0.600. The first kappa shape index (κ1) is 16.7. The number of hydrogen-bond acceptors (Lipinski definition) is 3. The molecule has 21 heavy (non-hydrogen) atoms. The van der Waals surface area contributed by atoms with Gasteiger partial charge in [-0.05, 0) is 55.5 Å². The lowest BCUT2D eigenvalue weighted by Gasteiger charge is -2.14. The van der Waals surface area contributed by atoms with Crippen molar-refractivity contribution >= 4 is 21.6 Å². The van der Waals surface area contributed by atoms with E-state index in [1.165, 1.54) is 0 Å². The molecule has 2 rings (SSSR count). The molecule has 2 N–H and O–H groups in total. The second kappa shape index (κ2) is 7.09. The van der Waals surface area contributed by atoms with Crippen molar-refractivity contribution in [3.63, 3.8) is 0 Å². The predicted molar refractivity (Wildman–Crippen MR) is 86.0 cm³/mol. The Balaban J connectivity index is 2.15. The van der Waals surface area contributed by atoms with Gasteiger partial charge in [0.1, 0.15) is 0 Å². The molecular formula is C15H23ClN2O2S. The van der Waals surface area contributed by atoms with Gasteiger partial charge in [-0.1, -0.05) is 25.4 Å². The first-order chi connectivity index (χ1) is 9.92. The molecule has 0 aromatic heterocycles. The van der Waals surface area contributed by atoms with Crippen molar-refractivity contribution < 1.29 is 8.42 Å². The molecule has 2 unspecified atom stereocenters. The summed E-state index contributed by atoms with van der Waals surface area (Å²) < 4.78 is 27.7. The van der Waals surface area contributed by atoms with Gasteiger partial charge in [0.25, 0.3) is 0 Å². The van der Waals surface area contributed by atoms with E-state index in [1.54, 1.807) is 18.2 Å². The van der Waals surface area contributed by atoms with E-state index in [1.807, 2.05) is 6.92 Å². The van der Waals surface area contributed by atoms with Crippen LogP contribution in [-0.4, -0.2) is 21.0 Å². The second-order valence-corrected chi connectivity index (χ2v) is 7.89. The van der Waals surface area contributed by atoms with Gasteiger partial charge in [0, 0.05) is 17.6 Å². The van der Waals surface area contributed by atoms with Crippen LogP contribution < -0.4 is 10.0 Å². The molecule has 1 saturated carbocycles. The number of nitrogens with one attached hydrogen (secondary N) is 2. The molecule has 1 fully saturated rings. The van der Waals surface area contributed by atoms with Crippen LogP contribution in [0.15, 0.2) is 23.1 Å². The summed E-state index contributed by atoms with van der Waals surface area (Å²) in [5, 5.41) is 3.75. The molecule has 0 aliphatic heterocycles. The summed E-state index contributed by atoms with van der Waals surface area (Å²) in [5.74, 6) is 0.590. The molecule has 1 aliphatic rings. The van der Waals surface area contributed by atoms with Crippen LogP contribution >= 0.6 is 11.6 Å². The van der Waals surface area contributed by atoms with Crippen molar-refractivity contribution in [1.29, 1.82) is 0 Å². The molecule has 2 atom stereocenters. The minimum absolute atomic E-state index is 0.0536. The summed E-state index contributed by atoms with van der Waals surface area (Å²) in [6, 6.07) is 4.93. The van der Waals surface area contributed by atoms with Crippen molar-refractivity contribution in [2.24, 2.45) is 5.92 Å². The monoisotopic (exact) mass is 330 g/mol. The van der Waals surface area contributed by atoms with E-state index in [0.717, 1.165) is 31.4 Å². The first-order valence-electron chi connectivity index (χ1n) is 7.44. The summed E-state index contributed by atoms with van der Waals surface area (Å²) in [5.41, 5.74) is 0.807. The van der Waals surface area contributed by atoms with Crippen LogP contribution in [0.25, 0.3) is 0 Å². The summed E-state index contributed by atoms with van der Waals surface area (Å²) in [6.45, 7) is 5.53. The Morgan fingerprint density at radius 1 is 1.33 bits per heavy atom. The van der Waals surface area contributed by atoms with E-state index in [0.29, 0.717) is 22.4 Å². The van der Waals surface area contributed by atoms with Crippen LogP contribution in [0.1, 0.15) is 38.7 Å². The van der Waals surface area contributed by atoms with Gasteiger partial charge in [0.15, 0.2) is 0 Å². The largest absolute Gasteiger partial charge is 0.313 e. The third-order valence-corrected chi connectivity index (χ3v) is 5.80. The number of halogens is 1. The van der Waals surface area contributed by atoms with E-state index < -0.39 is 10.0 Å². The molecular weight excluding hydrogens is 308 g/mol. The van der Waals surface area contributed by atoms with Gasteiger partial charge in [-0.2, -0.15) is 0 Å². The molecule has 1 aliphatic carbocycles. The molecule has 0 spiro atoms. The lowest BCUT2D eigenvalue weighted by atomic mass is 10.1. The molecule has 6 heteroatoms. The topological polar surface area (TPSA) is 58.2 Å². The smallest absolute Gasteiger partial charge is 0.240 e. The van der Waals surface area contributed by atoms with E-state index in [9.17, 15) is 8.42 Å². The Hall–Kier alpha value is -0.620. The Bertz CT molecular complexity index is 589. The molecule has 0 bridgehead atoms. The van der Waals surface area contributed by atoms with Gasteiger partial charge in [-0.3, -0.25) is 0 Å². The minimum atomic E-state index is -3.47. The Morgan fingerprint density at radius 2 is 2.10 bits per heavy atom. The Morgan fingerprint density at radius 3 is 2.71 bits per heavy atom. The first-order valence-corrected chi connectivity index (χ1v) is 9.30. The predicted octanol–water partition coefficient (Wildman–Crippen LogP) is 2.92. The average Bonchev–Trinajstić information content (AvgIpc) is 2.82. The average molecular weight is 331 g/mol. The zero-order chi connectivity index (χ0) is 15.5. The lowest BCUT2D eigenvalue weighted by Crippen LogP contribution is -2.33. The number of rotatable bonds is 6. The van der Waals surface area contributed by atoms with Crippen molar-refractivity contribution in [3.8, 4) is 0 Å². The van der Waals surface area contributed by atoms with E-state index in [2.05, 4.69) is 17.0 Å². The number of sulfonamides is 1. The molecule has 4 nitrogen and oxygen atoms in total. The number of benzene rings is 1. The number of hydrogen-bond donors (Lipinski definition) is 2. The summed E-state index contributed by atoms with van der Waals surface area (Å²) >= 11 is 6.12. The van der Waals surface area contributed by atoms with Gasteiger partial charge in [-0.25, -0.2) is 13.1 Å². The van der Waals surface area contributed by atoms with Crippen LogP contribution in [0.2, 0.25) is 5.02 Å². The fourth-order valence-corrected chi connectivity index (χ4v) is 4.23. The Labute approximate surface area is 132 Å². The summed E-state index contributed by atoms with van der Waals surface area (Å²) in [4.78, 5) is 0.291. The van der Waals surface area contributed by atoms with Gasteiger partial charge >= 0.3 is 0 Å². The van der Waals surface area contributed by atoms with Crippen LogP contribution in [-0.2, 0) is 16.6 Å². The van der Waals surface area contributed by atoms with Crippen LogP contribution in [0.4, 0.5) is 0 Å². The second-order valence-electron chi connectivity index (χ2n) is 5.77. The van der Waals surface area contributed by atoms with Crippen molar-refractivity contribution in [2.45, 2.75) is 50.6 Å². The Kier molecular flexibility index (Phi) is 5.66. The maximum Gasteiger partial charge on any atom is 0.240 e. The standard InChI is InChI=1S/C15H23ClN2O2S/c1-3-17-10-12-9-14(6-7-15(12)16)21(19,20)18-13-5-4-11(2)8-13/h6-7,9,11,13,17-18H,3-5,8,10H2,1-2H3. The lowest BCUT2D eigenvalue weighted by molar-refractivity contribution is 0.538. The van der Waals surface area contributed by atoms with Gasteiger partial charge in [-0.15, -0.1) is 0 Å². The van der Waals surface area contributed by atoms with Crippen molar-refractivity contribution in [3.05, 3.63) is 28.8 Å². The van der Waals surface area contributed by atoms with Gasteiger partial charge < -0.3 is 5.32 Å². The maximum atomic E-state index is 12.5. The van der Waals surface area contributed by atoms with Crippen LogP contribution in [0.5, 0.6) is 0 Å². The highest BCUT2D eigenvalue weighted by Gasteiger charge is 2.26. The third-order valence-electron chi connectivity index (χ3n) is 3.91. The molecule has 1 aromatic rings. The van der Waals surface area contributed by atoms with E-state index >= 15 is 0 Å². The zero-order valence-corrected chi connectivity index (χ0v) is 14.1. The molecule has 0 radical (unpaired) electrons. The summed E-state index contributed by atoms with van der Waals surface area (Å²) in [6.07, 6.45) is 2.91. The van der Waals surface area contributed by atoms with Crippen molar-refractivity contribution in [2.75, 3.05) is 6.54 Å². The third kappa shape index (κ3) is 4.42. The maximum absolute atomic E-state index is 12.5. The highest BCUT2D eigenvalue weighted by molar-refractivity contribution is 7.89. The van der Waals surface area contributed by atoms with Crippen molar-refractivity contribution in [1.82, 2.24) is 10.0 Å². The van der Waals surface area contributed by atoms with Crippen LogP contribution in [0.3, 0.4) is 0 Å². The molecule has 0 saturated heterocycles. The quantitative estimate of drug-likeness (QED) is 0.843. The molecule has 118 valence electrons. The normalized spacial score (nSPS) is 22.6. The minimum Gasteiger partial charge on any atom is -0.313 e. The SMILES string of the molecule is CCNCc1cc(S(=O)(=O)NC2CCC(C)C2)ccc1Cl.